The van der Waals surface area contributed by atoms with Crippen molar-refractivity contribution in [3.8, 4) is 0 Å². The lowest BCUT2D eigenvalue weighted by atomic mass is 9.88. The molecule has 0 spiro atoms. The molecule has 1 saturated heterocycles. The Balaban J connectivity index is 2.67. The Morgan fingerprint density at radius 3 is 2.53 bits per heavy atom. The van der Waals surface area contributed by atoms with E-state index in [0.717, 1.165) is 0 Å². The van der Waals surface area contributed by atoms with Crippen LogP contribution >= 0.6 is 0 Å². The van der Waals surface area contributed by atoms with Gasteiger partial charge in [-0.1, -0.05) is 0 Å². The van der Waals surface area contributed by atoms with Crippen LogP contribution in [0.2, 0.25) is 0 Å². The molecular formula is C11H22O4. The molecule has 1 N–H and O–H groups in total. The monoisotopic (exact) mass is 218 g/mol. The minimum Gasteiger partial charge on any atom is -0.387 e. The van der Waals surface area contributed by atoms with Gasteiger partial charge in [0, 0.05) is 13.5 Å². The summed E-state index contributed by atoms with van der Waals surface area (Å²) in [5.41, 5.74) is -0.586. The summed E-state index contributed by atoms with van der Waals surface area (Å²) in [5.74, 6) is 0. The van der Waals surface area contributed by atoms with Crippen LogP contribution in [0.15, 0.2) is 0 Å². The van der Waals surface area contributed by atoms with Gasteiger partial charge in [0.2, 0.25) is 0 Å². The van der Waals surface area contributed by atoms with E-state index in [1.54, 1.807) is 7.11 Å². The maximum Gasteiger partial charge on any atom is 0.161 e. The van der Waals surface area contributed by atoms with Gasteiger partial charge in [0.05, 0.1) is 17.8 Å². The molecule has 1 aliphatic rings. The van der Waals surface area contributed by atoms with Gasteiger partial charge in [-0.15, -0.1) is 0 Å². The first-order chi connectivity index (χ1) is 6.89. The van der Waals surface area contributed by atoms with Gasteiger partial charge in [-0.25, -0.2) is 0 Å². The van der Waals surface area contributed by atoms with Crippen molar-refractivity contribution in [2.24, 2.45) is 0 Å². The van der Waals surface area contributed by atoms with E-state index in [0.29, 0.717) is 6.42 Å². The minimum absolute atomic E-state index is 0.110. The highest BCUT2D eigenvalue weighted by atomic mass is 16.7. The Morgan fingerprint density at radius 2 is 2.07 bits per heavy atom. The van der Waals surface area contributed by atoms with Gasteiger partial charge >= 0.3 is 0 Å². The molecular weight excluding hydrogens is 196 g/mol. The van der Waals surface area contributed by atoms with Crippen LogP contribution in [0.1, 0.15) is 34.1 Å². The van der Waals surface area contributed by atoms with Crippen LogP contribution in [0.3, 0.4) is 0 Å². The molecule has 1 aliphatic heterocycles. The number of aliphatic hydroxyl groups excluding tert-OH is 1. The van der Waals surface area contributed by atoms with Crippen LogP contribution < -0.4 is 0 Å². The van der Waals surface area contributed by atoms with E-state index in [1.807, 2.05) is 27.7 Å². The molecule has 0 unspecified atom stereocenters. The Bertz CT molecular complexity index is 207. The summed E-state index contributed by atoms with van der Waals surface area (Å²) in [7, 11) is 1.60. The molecule has 4 heteroatoms. The van der Waals surface area contributed by atoms with Gasteiger partial charge in [0.15, 0.2) is 6.29 Å². The molecule has 90 valence electrons. The highest BCUT2D eigenvalue weighted by Crippen LogP contribution is 2.32. The minimum atomic E-state index is -0.616. The Labute approximate surface area is 91.5 Å². The molecule has 4 nitrogen and oxygen atoms in total. The van der Waals surface area contributed by atoms with Crippen LogP contribution in [-0.2, 0) is 14.2 Å². The molecule has 15 heavy (non-hydrogen) atoms. The molecule has 0 amide bonds. The SMILES string of the molecule is CO[C@@]1(C)C[C@@H](OC(C)C)O[C@H](C)[C@H]1O. The Kier molecular flexibility index (Phi) is 4.12. The zero-order chi connectivity index (χ0) is 11.6. The average Bonchev–Trinajstić information content (AvgIpc) is 2.13. The first-order valence-corrected chi connectivity index (χ1v) is 5.43. The predicted molar refractivity (Wildman–Crippen MR) is 56.6 cm³/mol. The van der Waals surface area contributed by atoms with Crippen molar-refractivity contribution in [1.29, 1.82) is 0 Å². The Morgan fingerprint density at radius 1 is 1.47 bits per heavy atom. The topological polar surface area (TPSA) is 47.9 Å². The second kappa shape index (κ2) is 4.78. The molecule has 0 aliphatic carbocycles. The van der Waals surface area contributed by atoms with Gasteiger partial charge in [-0.3, -0.25) is 0 Å². The number of hydrogen-bond donors (Lipinski definition) is 1. The molecule has 0 saturated carbocycles. The second-order valence-electron chi connectivity index (χ2n) is 4.62. The third-order valence-corrected chi connectivity index (χ3v) is 2.90. The van der Waals surface area contributed by atoms with E-state index in [-0.39, 0.29) is 18.5 Å². The van der Waals surface area contributed by atoms with Crippen molar-refractivity contribution < 1.29 is 19.3 Å². The fourth-order valence-corrected chi connectivity index (χ4v) is 1.90. The van der Waals surface area contributed by atoms with E-state index < -0.39 is 11.7 Å². The normalized spacial score (nSPS) is 42.2. The number of methoxy groups -OCH3 is 1. The average molecular weight is 218 g/mol. The van der Waals surface area contributed by atoms with Crippen LogP contribution in [0.5, 0.6) is 0 Å². The van der Waals surface area contributed by atoms with Crippen molar-refractivity contribution in [2.75, 3.05) is 7.11 Å². The summed E-state index contributed by atoms with van der Waals surface area (Å²) < 4.78 is 16.5. The maximum atomic E-state index is 9.94. The van der Waals surface area contributed by atoms with Gasteiger partial charge < -0.3 is 19.3 Å². The lowest BCUT2D eigenvalue weighted by Gasteiger charge is -2.44. The van der Waals surface area contributed by atoms with E-state index in [2.05, 4.69) is 0 Å². The molecule has 0 bridgehead atoms. The smallest absolute Gasteiger partial charge is 0.161 e. The zero-order valence-corrected chi connectivity index (χ0v) is 10.2. The summed E-state index contributed by atoms with van der Waals surface area (Å²) in [6.45, 7) is 7.64. The van der Waals surface area contributed by atoms with Crippen molar-refractivity contribution in [3.63, 3.8) is 0 Å². The maximum absolute atomic E-state index is 9.94. The van der Waals surface area contributed by atoms with Crippen molar-refractivity contribution in [1.82, 2.24) is 0 Å². The summed E-state index contributed by atoms with van der Waals surface area (Å²) >= 11 is 0. The summed E-state index contributed by atoms with van der Waals surface area (Å²) in [5, 5.41) is 9.94. The predicted octanol–water partition coefficient (Wildman–Crippen LogP) is 1.31. The molecule has 1 heterocycles. The molecule has 4 atom stereocenters. The molecule has 0 aromatic rings. The van der Waals surface area contributed by atoms with E-state index >= 15 is 0 Å². The van der Waals surface area contributed by atoms with Crippen LogP contribution in [0.4, 0.5) is 0 Å². The number of hydrogen-bond acceptors (Lipinski definition) is 4. The first kappa shape index (κ1) is 12.9. The molecule has 1 rings (SSSR count). The van der Waals surface area contributed by atoms with Gasteiger partial charge in [-0.05, 0) is 27.7 Å². The summed E-state index contributed by atoms with van der Waals surface area (Å²) in [4.78, 5) is 0. The standard InChI is InChI=1S/C11H22O4/c1-7(2)14-9-6-11(4,13-5)10(12)8(3)15-9/h7-10,12H,6H2,1-5H3/t8-,9+,10-,11+/m1/s1. The van der Waals surface area contributed by atoms with E-state index in [9.17, 15) is 5.11 Å². The first-order valence-electron chi connectivity index (χ1n) is 5.43. The largest absolute Gasteiger partial charge is 0.387 e. The van der Waals surface area contributed by atoms with E-state index in [4.69, 9.17) is 14.2 Å². The molecule has 0 aromatic carbocycles. The van der Waals surface area contributed by atoms with Crippen molar-refractivity contribution in [2.45, 2.75) is 64.3 Å². The van der Waals surface area contributed by atoms with E-state index in [1.165, 1.54) is 0 Å². The van der Waals surface area contributed by atoms with Crippen LogP contribution in [0, 0.1) is 0 Å². The highest BCUT2D eigenvalue weighted by Gasteiger charge is 2.45. The van der Waals surface area contributed by atoms with Gasteiger partial charge in [-0.2, -0.15) is 0 Å². The highest BCUT2D eigenvalue weighted by molar-refractivity contribution is 4.92. The van der Waals surface area contributed by atoms with Crippen LogP contribution in [0.25, 0.3) is 0 Å². The second-order valence-corrected chi connectivity index (χ2v) is 4.62. The quantitative estimate of drug-likeness (QED) is 0.776. The fourth-order valence-electron chi connectivity index (χ4n) is 1.90. The van der Waals surface area contributed by atoms with Crippen molar-refractivity contribution in [3.05, 3.63) is 0 Å². The fraction of sp³-hybridized carbons (Fsp3) is 1.00. The molecule has 0 radical (unpaired) electrons. The van der Waals surface area contributed by atoms with Gasteiger partial charge in [0.1, 0.15) is 6.10 Å². The summed E-state index contributed by atoms with van der Waals surface area (Å²) in [6.07, 6.45) is -0.526. The van der Waals surface area contributed by atoms with Crippen molar-refractivity contribution >= 4 is 0 Å². The third kappa shape index (κ3) is 2.91. The molecule has 0 aromatic heterocycles. The lowest BCUT2D eigenvalue weighted by Crippen LogP contribution is -2.56. The summed E-state index contributed by atoms with van der Waals surface area (Å²) in [6, 6.07) is 0. The number of rotatable bonds is 3. The molecule has 1 fully saturated rings. The van der Waals surface area contributed by atoms with Gasteiger partial charge in [0.25, 0.3) is 0 Å². The number of ether oxygens (including phenoxy) is 3. The lowest BCUT2D eigenvalue weighted by molar-refractivity contribution is -0.285. The number of aliphatic hydroxyl groups is 1. The van der Waals surface area contributed by atoms with Crippen LogP contribution in [-0.4, -0.2) is 42.4 Å². The third-order valence-electron chi connectivity index (χ3n) is 2.90. The zero-order valence-electron chi connectivity index (χ0n) is 10.2. The Hall–Kier alpha value is -0.160.